The van der Waals surface area contributed by atoms with Gasteiger partial charge in [-0.1, -0.05) is 12.1 Å². The van der Waals surface area contributed by atoms with Gasteiger partial charge in [-0.25, -0.2) is 9.97 Å². The molecule has 27 heavy (non-hydrogen) atoms. The van der Waals surface area contributed by atoms with Gasteiger partial charge in [0.1, 0.15) is 5.52 Å². The summed E-state index contributed by atoms with van der Waals surface area (Å²) in [4.78, 5) is 26.1. The summed E-state index contributed by atoms with van der Waals surface area (Å²) in [5, 5.41) is 3.28. The molecule has 1 aliphatic rings. The van der Waals surface area contributed by atoms with Gasteiger partial charge < -0.3 is 9.73 Å². The largest absolute Gasteiger partial charge is 0.441 e. The molecule has 5 rings (SSSR count). The van der Waals surface area contributed by atoms with Crippen LogP contribution in [-0.4, -0.2) is 32.4 Å². The molecule has 4 heterocycles. The highest BCUT2D eigenvalue weighted by Crippen LogP contribution is 2.24. The average Bonchev–Trinajstić information content (AvgIpc) is 3.07. The summed E-state index contributed by atoms with van der Waals surface area (Å²) in [6, 6.07) is 7.16. The number of nitrogens with zero attached hydrogens (tertiary/aromatic N) is 4. The van der Waals surface area contributed by atoms with Gasteiger partial charge in [-0.15, -0.1) is 0 Å². The van der Waals surface area contributed by atoms with Crippen molar-refractivity contribution in [2.24, 2.45) is 0 Å². The molecule has 0 bridgehead atoms. The number of hydrogen-bond acceptors (Lipinski definition) is 6. The number of hydrogen-bond donors (Lipinski definition) is 1. The first-order valence-corrected chi connectivity index (χ1v) is 8.84. The fourth-order valence-electron chi connectivity index (χ4n) is 3.38. The van der Waals surface area contributed by atoms with E-state index in [9.17, 15) is 4.79 Å². The van der Waals surface area contributed by atoms with E-state index in [2.05, 4.69) is 26.3 Å². The lowest BCUT2D eigenvalue weighted by molar-refractivity contribution is 0.561. The van der Waals surface area contributed by atoms with Gasteiger partial charge in [-0.05, 0) is 30.7 Å². The minimum atomic E-state index is -0.137. The topological polar surface area (TPSA) is 85.3 Å². The van der Waals surface area contributed by atoms with Gasteiger partial charge in [0.05, 0.1) is 17.6 Å². The molecule has 1 aliphatic heterocycles. The van der Waals surface area contributed by atoms with E-state index in [1.54, 1.807) is 23.7 Å². The minimum absolute atomic E-state index is 0.137. The molecular weight excluding hydrogens is 342 g/mol. The normalized spacial score (nSPS) is 14.6. The van der Waals surface area contributed by atoms with Gasteiger partial charge in [0.2, 0.25) is 0 Å². The van der Waals surface area contributed by atoms with Gasteiger partial charge in [0, 0.05) is 31.3 Å². The quantitative estimate of drug-likeness (QED) is 0.592. The molecule has 0 saturated carbocycles. The predicted molar refractivity (Wildman–Crippen MR) is 102 cm³/mol. The third-order valence-corrected chi connectivity index (χ3v) is 4.73. The van der Waals surface area contributed by atoms with Crippen molar-refractivity contribution in [3.05, 3.63) is 64.7 Å². The van der Waals surface area contributed by atoms with Crippen LogP contribution < -0.4 is 10.9 Å². The van der Waals surface area contributed by atoms with E-state index in [1.807, 2.05) is 18.2 Å². The van der Waals surface area contributed by atoms with E-state index in [1.165, 1.54) is 6.07 Å². The summed E-state index contributed by atoms with van der Waals surface area (Å²) < 4.78 is 7.13. The molecule has 134 valence electrons. The number of oxazole rings is 1. The van der Waals surface area contributed by atoms with Crippen molar-refractivity contribution in [3.63, 3.8) is 0 Å². The Bertz CT molecular complexity index is 1270. The zero-order chi connectivity index (χ0) is 18.4. The molecule has 0 saturated heterocycles. The first kappa shape index (κ1) is 15.9. The van der Waals surface area contributed by atoms with Gasteiger partial charge in [-0.2, -0.15) is 0 Å². The van der Waals surface area contributed by atoms with Crippen molar-refractivity contribution >= 4 is 22.3 Å². The van der Waals surface area contributed by atoms with Gasteiger partial charge in [-0.3, -0.25) is 14.2 Å². The van der Waals surface area contributed by atoms with Crippen LogP contribution in [0.25, 0.3) is 33.6 Å². The van der Waals surface area contributed by atoms with E-state index in [0.717, 1.165) is 41.9 Å². The Hall–Kier alpha value is -3.32. The van der Waals surface area contributed by atoms with Crippen molar-refractivity contribution in [2.75, 3.05) is 13.1 Å². The van der Waals surface area contributed by atoms with Crippen molar-refractivity contribution in [1.82, 2.24) is 24.7 Å². The monoisotopic (exact) mass is 359 g/mol. The summed E-state index contributed by atoms with van der Waals surface area (Å²) in [7, 11) is 0. The third-order valence-electron chi connectivity index (χ3n) is 4.73. The van der Waals surface area contributed by atoms with Crippen LogP contribution in [0.4, 0.5) is 0 Å². The van der Waals surface area contributed by atoms with E-state index >= 15 is 0 Å². The molecule has 0 aliphatic carbocycles. The zero-order valence-corrected chi connectivity index (χ0v) is 14.8. The Balaban J connectivity index is 1.61. The first-order chi connectivity index (χ1) is 13.2. The van der Waals surface area contributed by atoms with Crippen LogP contribution in [0.3, 0.4) is 0 Å². The SMILES string of the molecule is Cc1nc2ccc(-c3cc(=O)n4cc(C5=CCNCC5)ncc4n3)cc2o1. The van der Waals surface area contributed by atoms with E-state index in [4.69, 9.17) is 4.42 Å². The molecular formula is C20H17N5O2. The average molecular weight is 359 g/mol. The Kier molecular flexibility index (Phi) is 3.61. The summed E-state index contributed by atoms with van der Waals surface area (Å²) in [6.45, 7) is 3.55. The van der Waals surface area contributed by atoms with Crippen LogP contribution >= 0.6 is 0 Å². The maximum atomic E-state index is 12.7. The van der Waals surface area contributed by atoms with Crippen molar-refractivity contribution in [2.45, 2.75) is 13.3 Å². The van der Waals surface area contributed by atoms with Gasteiger partial charge in [0.15, 0.2) is 17.1 Å². The third kappa shape index (κ3) is 2.82. The second kappa shape index (κ2) is 6.14. The fraction of sp³-hybridized carbons (Fsp3) is 0.200. The number of benzene rings is 1. The summed E-state index contributed by atoms with van der Waals surface area (Å²) >= 11 is 0. The Morgan fingerprint density at radius 1 is 1.19 bits per heavy atom. The van der Waals surface area contributed by atoms with Crippen LogP contribution in [0.2, 0.25) is 0 Å². The van der Waals surface area contributed by atoms with Crippen LogP contribution in [0.1, 0.15) is 18.0 Å². The van der Waals surface area contributed by atoms with E-state index in [0.29, 0.717) is 22.8 Å². The molecule has 1 aromatic carbocycles. The molecule has 1 N–H and O–H groups in total. The summed E-state index contributed by atoms with van der Waals surface area (Å²) in [5.41, 5.74) is 5.22. The smallest absolute Gasteiger partial charge is 0.258 e. The standard InChI is InChI=1S/C20H17N5O2/c1-12-23-15-3-2-14(8-18(15)27-12)16-9-20(26)25-11-17(22-10-19(25)24-16)13-4-6-21-7-5-13/h2-4,8-11,21H,5-7H2,1H3. The second-order valence-electron chi connectivity index (χ2n) is 6.58. The Labute approximate surface area is 154 Å². The highest BCUT2D eigenvalue weighted by molar-refractivity contribution is 5.79. The fourth-order valence-corrected chi connectivity index (χ4v) is 3.38. The molecule has 0 spiro atoms. The number of rotatable bonds is 2. The summed E-state index contributed by atoms with van der Waals surface area (Å²) in [6.07, 6.45) is 6.43. The van der Waals surface area contributed by atoms with Crippen LogP contribution in [-0.2, 0) is 0 Å². The van der Waals surface area contributed by atoms with Crippen LogP contribution in [0.5, 0.6) is 0 Å². The number of nitrogens with one attached hydrogen (secondary N) is 1. The van der Waals surface area contributed by atoms with Crippen molar-refractivity contribution < 1.29 is 4.42 Å². The molecule has 0 radical (unpaired) electrons. The molecule has 0 atom stereocenters. The van der Waals surface area contributed by atoms with Crippen molar-refractivity contribution in [1.29, 1.82) is 0 Å². The summed E-state index contributed by atoms with van der Waals surface area (Å²) in [5.74, 6) is 0.609. The second-order valence-corrected chi connectivity index (χ2v) is 6.58. The molecule has 3 aromatic heterocycles. The highest BCUT2D eigenvalue weighted by Gasteiger charge is 2.12. The predicted octanol–water partition coefficient (Wildman–Crippen LogP) is 2.58. The lowest BCUT2D eigenvalue weighted by Crippen LogP contribution is -2.21. The van der Waals surface area contributed by atoms with Gasteiger partial charge in [0.25, 0.3) is 5.56 Å². The van der Waals surface area contributed by atoms with Crippen molar-refractivity contribution in [3.8, 4) is 11.3 Å². The molecule has 0 amide bonds. The number of aryl methyl sites for hydroxylation is 1. The van der Waals surface area contributed by atoms with E-state index in [-0.39, 0.29) is 5.56 Å². The maximum Gasteiger partial charge on any atom is 0.258 e. The first-order valence-electron chi connectivity index (χ1n) is 8.84. The van der Waals surface area contributed by atoms with E-state index < -0.39 is 0 Å². The molecule has 0 unspecified atom stereocenters. The molecule has 7 nitrogen and oxygen atoms in total. The van der Waals surface area contributed by atoms with Crippen LogP contribution in [0.15, 0.2) is 51.9 Å². The number of fused-ring (bicyclic) bond motifs is 2. The zero-order valence-electron chi connectivity index (χ0n) is 14.8. The lowest BCUT2D eigenvalue weighted by Gasteiger charge is -2.14. The maximum absolute atomic E-state index is 12.7. The molecule has 7 heteroatoms. The number of aromatic nitrogens is 4. The Morgan fingerprint density at radius 3 is 2.96 bits per heavy atom. The Morgan fingerprint density at radius 2 is 2.11 bits per heavy atom. The van der Waals surface area contributed by atoms with Gasteiger partial charge >= 0.3 is 0 Å². The van der Waals surface area contributed by atoms with Crippen LogP contribution in [0, 0.1) is 6.92 Å². The lowest BCUT2D eigenvalue weighted by atomic mass is 10.1. The highest BCUT2D eigenvalue weighted by atomic mass is 16.3. The minimum Gasteiger partial charge on any atom is -0.441 e. The molecule has 4 aromatic rings. The molecule has 0 fully saturated rings.